The molecule has 2 atom stereocenters. The number of para-hydroxylation sites is 1. The third-order valence-corrected chi connectivity index (χ3v) is 6.83. The number of nitrogens with one attached hydrogen (secondary N) is 1. The van der Waals surface area contributed by atoms with Gasteiger partial charge in [-0.1, -0.05) is 53.2 Å². The first-order valence-electron chi connectivity index (χ1n) is 10.4. The molecule has 2 rings (SSSR count). The van der Waals surface area contributed by atoms with Crippen LogP contribution >= 0.6 is 15.9 Å². The van der Waals surface area contributed by atoms with E-state index in [1.807, 2.05) is 38.1 Å². The van der Waals surface area contributed by atoms with Gasteiger partial charge in [-0.15, -0.1) is 0 Å². The maximum absolute atomic E-state index is 13.4. The van der Waals surface area contributed by atoms with E-state index >= 15 is 0 Å². The Balaban J connectivity index is 2.34. The first-order valence-corrected chi connectivity index (χ1v) is 13.0. The quantitative estimate of drug-likeness (QED) is 0.515. The fourth-order valence-corrected chi connectivity index (χ4v) is 4.16. The molecule has 1 N–H and O–H groups in total. The summed E-state index contributed by atoms with van der Waals surface area (Å²) in [7, 11) is -3.71. The molecule has 0 aliphatic heterocycles. The standard InChI is InChI=1S/C23H30BrN3O4S/c1-5-17(2)25-23(29)18(3)26(15-19-11-13-20(24)14-12-19)22(28)16-27(32(4,30)31)21-9-7-6-8-10-21/h6-14,17-18H,5,15-16H2,1-4H3,(H,25,29)/t17-,18-/m0/s1. The zero-order valence-electron chi connectivity index (χ0n) is 18.8. The third kappa shape index (κ3) is 7.34. The summed E-state index contributed by atoms with van der Waals surface area (Å²) in [6.07, 6.45) is 1.82. The van der Waals surface area contributed by atoms with Crippen LogP contribution in [0, 0.1) is 0 Å². The Bertz CT molecular complexity index is 1010. The maximum Gasteiger partial charge on any atom is 0.244 e. The molecular formula is C23H30BrN3O4S. The Morgan fingerprint density at radius 2 is 1.62 bits per heavy atom. The molecule has 0 saturated heterocycles. The van der Waals surface area contributed by atoms with Crippen molar-refractivity contribution in [3.8, 4) is 0 Å². The van der Waals surface area contributed by atoms with Crippen molar-refractivity contribution in [2.24, 2.45) is 0 Å². The highest BCUT2D eigenvalue weighted by atomic mass is 79.9. The lowest BCUT2D eigenvalue weighted by molar-refractivity contribution is -0.139. The van der Waals surface area contributed by atoms with Crippen molar-refractivity contribution < 1.29 is 18.0 Å². The second-order valence-corrected chi connectivity index (χ2v) is 10.6. The van der Waals surface area contributed by atoms with Gasteiger partial charge in [0.2, 0.25) is 21.8 Å². The van der Waals surface area contributed by atoms with Crippen LogP contribution in [0.15, 0.2) is 59.1 Å². The van der Waals surface area contributed by atoms with E-state index in [0.29, 0.717) is 5.69 Å². The normalized spacial score (nSPS) is 13.2. The van der Waals surface area contributed by atoms with Gasteiger partial charge in [-0.2, -0.15) is 0 Å². The van der Waals surface area contributed by atoms with Crippen LogP contribution in [0.4, 0.5) is 5.69 Å². The summed E-state index contributed by atoms with van der Waals surface area (Å²) in [4.78, 5) is 27.6. The fourth-order valence-electron chi connectivity index (χ4n) is 3.04. The summed E-state index contributed by atoms with van der Waals surface area (Å²) in [5, 5.41) is 2.90. The molecule has 174 valence electrons. The third-order valence-electron chi connectivity index (χ3n) is 5.16. The first kappa shape index (κ1) is 25.9. The van der Waals surface area contributed by atoms with Gasteiger partial charge in [-0.3, -0.25) is 13.9 Å². The van der Waals surface area contributed by atoms with Gasteiger partial charge in [0.05, 0.1) is 11.9 Å². The predicted molar refractivity (Wildman–Crippen MR) is 131 cm³/mol. The van der Waals surface area contributed by atoms with E-state index in [1.54, 1.807) is 37.3 Å². The van der Waals surface area contributed by atoms with E-state index in [0.717, 1.165) is 27.0 Å². The number of amides is 2. The molecule has 0 aliphatic carbocycles. The van der Waals surface area contributed by atoms with Crippen LogP contribution in [0.3, 0.4) is 0 Å². The highest BCUT2D eigenvalue weighted by Crippen LogP contribution is 2.19. The number of carbonyl (C=O) groups excluding carboxylic acids is 2. The van der Waals surface area contributed by atoms with Crippen molar-refractivity contribution >= 4 is 43.5 Å². The lowest BCUT2D eigenvalue weighted by atomic mass is 10.1. The van der Waals surface area contributed by atoms with Gasteiger partial charge in [0.15, 0.2) is 0 Å². The molecule has 0 aliphatic rings. The Morgan fingerprint density at radius 3 is 2.16 bits per heavy atom. The minimum atomic E-state index is -3.71. The number of hydrogen-bond acceptors (Lipinski definition) is 4. The van der Waals surface area contributed by atoms with Crippen molar-refractivity contribution in [3.05, 3.63) is 64.6 Å². The number of anilines is 1. The lowest BCUT2D eigenvalue weighted by Crippen LogP contribution is -2.52. The molecule has 0 aromatic heterocycles. The number of carbonyl (C=O) groups is 2. The highest BCUT2D eigenvalue weighted by molar-refractivity contribution is 9.10. The molecule has 32 heavy (non-hydrogen) atoms. The molecule has 0 unspecified atom stereocenters. The zero-order valence-corrected chi connectivity index (χ0v) is 21.2. The number of rotatable bonds is 10. The smallest absolute Gasteiger partial charge is 0.244 e. The summed E-state index contributed by atoms with van der Waals surface area (Å²) in [5.74, 6) is -0.746. The van der Waals surface area contributed by atoms with Crippen LogP contribution in [0.1, 0.15) is 32.8 Å². The predicted octanol–water partition coefficient (Wildman–Crippen LogP) is 3.55. The van der Waals surface area contributed by atoms with Gasteiger partial charge in [0.1, 0.15) is 12.6 Å². The van der Waals surface area contributed by atoms with Crippen LogP contribution in [0.25, 0.3) is 0 Å². The molecule has 0 bridgehead atoms. The molecule has 9 heteroatoms. The molecule has 0 heterocycles. The molecular weight excluding hydrogens is 494 g/mol. The SMILES string of the molecule is CC[C@H](C)NC(=O)[C@H](C)N(Cc1ccc(Br)cc1)C(=O)CN(c1ccccc1)S(C)(=O)=O. The number of sulfonamides is 1. The summed E-state index contributed by atoms with van der Waals surface area (Å²) in [6, 6.07) is 15.1. The van der Waals surface area contributed by atoms with E-state index in [-0.39, 0.29) is 18.5 Å². The number of benzene rings is 2. The largest absolute Gasteiger partial charge is 0.352 e. The molecule has 7 nitrogen and oxygen atoms in total. The Labute approximate surface area is 199 Å². The second-order valence-electron chi connectivity index (χ2n) is 7.75. The van der Waals surface area contributed by atoms with E-state index in [1.165, 1.54) is 4.90 Å². The Hall–Kier alpha value is -2.39. The summed E-state index contributed by atoms with van der Waals surface area (Å²) >= 11 is 3.39. The van der Waals surface area contributed by atoms with Gasteiger partial charge >= 0.3 is 0 Å². The minimum absolute atomic E-state index is 0.0357. The van der Waals surface area contributed by atoms with E-state index < -0.39 is 28.5 Å². The molecule has 2 aromatic carbocycles. The number of nitrogens with zero attached hydrogens (tertiary/aromatic N) is 2. The van der Waals surface area contributed by atoms with Crippen LogP contribution in [0.2, 0.25) is 0 Å². The Kier molecular flexibility index (Phi) is 9.27. The van der Waals surface area contributed by atoms with E-state index in [9.17, 15) is 18.0 Å². The summed E-state index contributed by atoms with van der Waals surface area (Å²) < 4.78 is 26.8. The zero-order chi connectivity index (χ0) is 23.9. The molecule has 2 amide bonds. The summed E-state index contributed by atoms with van der Waals surface area (Å²) in [6.45, 7) is 5.28. The van der Waals surface area contributed by atoms with E-state index in [4.69, 9.17) is 0 Å². The molecule has 2 aromatic rings. The fraction of sp³-hybridized carbons (Fsp3) is 0.391. The topological polar surface area (TPSA) is 86.8 Å². The maximum atomic E-state index is 13.4. The van der Waals surface area contributed by atoms with Gasteiger partial charge < -0.3 is 10.2 Å². The Morgan fingerprint density at radius 1 is 1.03 bits per heavy atom. The van der Waals surface area contributed by atoms with Gasteiger partial charge in [-0.25, -0.2) is 8.42 Å². The molecule has 0 saturated carbocycles. The highest BCUT2D eigenvalue weighted by Gasteiger charge is 2.30. The van der Waals surface area contributed by atoms with Crippen molar-refractivity contribution in [3.63, 3.8) is 0 Å². The second kappa shape index (κ2) is 11.5. The molecule has 0 fully saturated rings. The monoisotopic (exact) mass is 523 g/mol. The number of hydrogen-bond donors (Lipinski definition) is 1. The molecule has 0 radical (unpaired) electrons. The van der Waals surface area contributed by atoms with Crippen molar-refractivity contribution in [2.45, 2.75) is 45.8 Å². The van der Waals surface area contributed by atoms with Crippen LogP contribution < -0.4 is 9.62 Å². The van der Waals surface area contributed by atoms with Crippen LogP contribution in [-0.4, -0.2) is 50.0 Å². The summed E-state index contributed by atoms with van der Waals surface area (Å²) in [5.41, 5.74) is 1.22. The average Bonchev–Trinajstić information content (AvgIpc) is 2.76. The van der Waals surface area contributed by atoms with Crippen LogP contribution in [-0.2, 0) is 26.2 Å². The van der Waals surface area contributed by atoms with E-state index in [2.05, 4.69) is 21.2 Å². The van der Waals surface area contributed by atoms with Crippen molar-refractivity contribution in [1.82, 2.24) is 10.2 Å². The van der Waals surface area contributed by atoms with Gasteiger partial charge in [0, 0.05) is 17.1 Å². The van der Waals surface area contributed by atoms with Crippen LogP contribution in [0.5, 0.6) is 0 Å². The molecule has 0 spiro atoms. The first-order chi connectivity index (χ1) is 15.0. The lowest BCUT2D eigenvalue weighted by Gasteiger charge is -2.32. The minimum Gasteiger partial charge on any atom is -0.352 e. The van der Waals surface area contributed by atoms with Gasteiger partial charge in [0.25, 0.3) is 0 Å². The average molecular weight is 524 g/mol. The van der Waals surface area contributed by atoms with Crippen molar-refractivity contribution in [2.75, 3.05) is 17.1 Å². The van der Waals surface area contributed by atoms with Gasteiger partial charge in [-0.05, 0) is 50.1 Å². The van der Waals surface area contributed by atoms with Crippen molar-refractivity contribution in [1.29, 1.82) is 0 Å². The number of halogens is 1.